The number of hydrogen-bond acceptors (Lipinski definition) is 4. The molecule has 2 rings (SSSR count). The van der Waals surface area contributed by atoms with E-state index in [1.54, 1.807) is 0 Å². The first-order valence-electron chi connectivity index (χ1n) is 8.61. The van der Waals surface area contributed by atoms with Gasteiger partial charge < -0.3 is 16.0 Å². The van der Waals surface area contributed by atoms with Gasteiger partial charge in [0.15, 0.2) is 0 Å². The highest BCUT2D eigenvalue weighted by Crippen LogP contribution is 2.23. The number of thioether (sulfide) groups is 1. The van der Waals surface area contributed by atoms with E-state index in [9.17, 15) is 14.0 Å². The molecule has 3 atom stereocenters. The maximum atomic E-state index is 12.9. The third kappa shape index (κ3) is 5.71. The van der Waals surface area contributed by atoms with Gasteiger partial charge in [-0.2, -0.15) is 0 Å². The number of anilines is 1. The Morgan fingerprint density at radius 1 is 1.32 bits per heavy atom. The number of rotatable bonds is 6. The molecular weight excluding hydrogens is 341 g/mol. The standard InChI is InChI=1S/C18H26FN3O2S/c1-12(20)16-5-3-4-10-22(16)18(24)13(2)25-11-17(23)21-15-8-6-14(19)7-9-15/h6-9,12-13,16H,3-5,10-11,20H2,1-2H3,(H,21,23). The van der Waals surface area contributed by atoms with Gasteiger partial charge in [-0.3, -0.25) is 9.59 Å². The molecule has 25 heavy (non-hydrogen) atoms. The number of piperidine rings is 1. The Kier molecular flexibility index (Phi) is 7.25. The number of nitrogens with one attached hydrogen (secondary N) is 1. The van der Waals surface area contributed by atoms with Gasteiger partial charge in [0, 0.05) is 24.3 Å². The quantitative estimate of drug-likeness (QED) is 0.810. The molecule has 1 aliphatic rings. The summed E-state index contributed by atoms with van der Waals surface area (Å²) in [4.78, 5) is 26.6. The van der Waals surface area contributed by atoms with Crippen LogP contribution in [0.3, 0.4) is 0 Å². The maximum Gasteiger partial charge on any atom is 0.235 e. The fourth-order valence-electron chi connectivity index (χ4n) is 3.01. The third-order valence-corrected chi connectivity index (χ3v) is 5.51. The van der Waals surface area contributed by atoms with Crippen molar-refractivity contribution in [2.75, 3.05) is 17.6 Å². The molecule has 3 unspecified atom stereocenters. The lowest BCUT2D eigenvalue weighted by Gasteiger charge is -2.39. The van der Waals surface area contributed by atoms with Gasteiger partial charge in [0.25, 0.3) is 0 Å². The van der Waals surface area contributed by atoms with Crippen molar-refractivity contribution < 1.29 is 14.0 Å². The second kappa shape index (κ2) is 9.20. The highest BCUT2D eigenvalue weighted by atomic mass is 32.2. The number of nitrogens with two attached hydrogens (primary N) is 1. The lowest BCUT2D eigenvalue weighted by molar-refractivity contribution is -0.134. The molecule has 7 heteroatoms. The molecule has 0 aliphatic carbocycles. The summed E-state index contributed by atoms with van der Waals surface area (Å²) in [6.07, 6.45) is 3.03. The summed E-state index contributed by atoms with van der Waals surface area (Å²) in [6, 6.07) is 5.63. The normalized spacial score (nSPS) is 20.0. The lowest BCUT2D eigenvalue weighted by Crippen LogP contribution is -2.53. The van der Waals surface area contributed by atoms with Crippen LogP contribution in [-0.2, 0) is 9.59 Å². The summed E-state index contributed by atoms with van der Waals surface area (Å²) in [6.45, 7) is 4.49. The van der Waals surface area contributed by atoms with Crippen molar-refractivity contribution in [1.82, 2.24) is 4.90 Å². The Bertz CT molecular complexity index is 594. The molecule has 1 aliphatic heterocycles. The first-order valence-corrected chi connectivity index (χ1v) is 9.66. The van der Waals surface area contributed by atoms with E-state index < -0.39 is 0 Å². The molecule has 1 saturated heterocycles. The van der Waals surface area contributed by atoms with Crippen molar-refractivity contribution in [3.05, 3.63) is 30.1 Å². The second-order valence-electron chi connectivity index (χ2n) is 6.46. The van der Waals surface area contributed by atoms with Gasteiger partial charge in [-0.1, -0.05) is 0 Å². The van der Waals surface area contributed by atoms with Crippen LogP contribution in [0.25, 0.3) is 0 Å². The first kappa shape index (κ1) is 19.7. The van der Waals surface area contributed by atoms with E-state index in [2.05, 4.69) is 5.32 Å². The van der Waals surface area contributed by atoms with Crippen molar-refractivity contribution in [2.45, 2.75) is 50.4 Å². The Labute approximate surface area is 152 Å². The third-order valence-electron chi connectivity index (χ3n) is 4.38. The summed E-state index contributed by atoms with van der Waals surface area (Å²) < 4.78 is 12.9. The fourth-order valence-corrected chi connectivity index (χ4v) is 3.76. The van der Waals surface area contributed by atoms with Crippen LogP contribution in [0.1, 0.15) is 33.1 Å². The van der Waals surface area contributed by atoms with Crippen LogP contribution in [0.15, 0.2) is 24.3 Å². The van der Waals surface area contributed by atoms with Gasteiger partial charge in [0.2, 0.25) is 11.8 Å². The van der Waals surface area contributed by atoms with Gasteiger partial charge in [-0.25, -0.2) is 4.39 Å². The number of carbonyl (C=O) groups excluding carboxylic acids is 2. The topological polar surface area (TPSA) is 75.4 Å². The summed E-state index contributed by atoms with van der Waals surface area (Å²) in [5.74, 6) is -0.349. The molecule has 3 N–H and O–H groups in total. The Morgan fingerprint density at radius 3 is 2.64 bits per heavy atom. The zero-order valence-corrected chi connectivity index (χ0v) is 15.5. The molecule has 0 radical (unpaired) electrons. The van der Waals surface area contributed by atoms with Crippen LogP contribution >= 0.6 is 11.8 Å². The van der Waals surface area contributed by atoms with Gasteiger partial charge in [0.05, 0.1) is 11.0 Å². The minimum atomic E-state index is -0.350. The van der Waals surface area contributed by atoms with Crippen molar-refractivity contribution in [2.24, 2.45) is 5.73 Å². The van der Waals surface area contributed by atoms with E-state index in [1.165, 1.54) is 36.0 Å². The first-order chi connectivity index (χ1) is 11.9. The van der Waals surface area contributed by atoms with E-state index in [4.69, 9.17) is 5.73 Å². The predicted molar refractivity (Wildman–Crippen MR) is 100.0 cm³/mol. The Morgan fingerprint density at radius 2 is 2.00 bits per heavy atom. The van der Waals surface area contributed by atoms with Crippen molar-refractivity contribution in [1.29, 1.82) is 0 Å². The molecule has 0 bridgehead atoms. The number of nitrogens with zero attached hydrogens (tertiary/aromatic N) is 1. The van der Waals surface area contributed by atoms with E-state index in [-0.39, 0.29) is 40.7 Å². The highest BCUT2D eigenvalue weighted by Gasteiger charge is 2.31. The van der Waals surface area contributed by atoms with E-state index >= 15 is 0 Å². The summed E-state index contributed by atoms with van der Waals surface area (Å²) in [5.41, 5.74) is 6.56. The number of likely N-dealkylation sites (tertiary alicyclic amines) is 1. The molecular formula is C18H26FN3O2S. The molecule has 0 spiro atoms. The molecule has 0 saturated carbocycles. The molecule has 1 aromatic carbocycles. The Hall–Kier alpha value is -1.60. The smallest absolute Gasteiger partial charge is 0.235 e. The summed E-state index contributed by atoms with van der Waals surface area (Å²) in [7, 11) is 0. The number of hydrogen-bond donors (Lipinski definition) is 2. The monoisotopic (exact) mass is 367 g/mol. The van der Waals surface area contributed by atoms with Crippen molar-refractivity contribution in [3.8, 4) is 0 Å². The Balaban J connectivity index is 1.83. The van der Waals surface area contributed by atoms with Crippen LogP contribution in [0.2, 0.25) is 0 Å². The van der Waals surface area contributed by atoms with E-state index in [0.717, 1.165) is 25.8 Å². The van der Waals surface area contributed by atoms with Crippen LogP contribution in [0.5, 0.6) is 0 Å². The van der Waals surface area contributed by atoms with Crippen LogP contribution in [-0.4, -0.2) is 46.3 Å². The van der Waals surface area contributed by atoms with Crippen LogP contribution < -0.4 is 11.1 Å². The van der Waals surface area contributed by atoms with Crippen LogP contribution in [0.4, 0.5) is 10.1 Å². The molecule has 138 valence electrons. The predicted octanol–water partition coefficient (Wildman–Crippen LogP) is 2.61. The highest BCUT2D eigenvalue weighted by molar-refractivity contribution is 8.01. The number of carbonyl (C=O) groups is 2. The van der Waals surface area contributed by atoms with Gasteiger partial charge in [-0.05, 0) is 57.4 Å². The average molecular weight is 367 g/mol. The molecule has 1 aromatic rings. The van der Waals surface area contributed by atoms with Crippen LogP contribution in [0, 0.1) is 5.82 Å². The molecule has 2 amide bonds. The van der Waals surface area contributed by atoms with Gasteiger partial charge in [0.1, 0.15) is 5.82 Å². The summed E-state index contributed by atoms with van der Waals surface area (Å²) >= 11 is 1.30. The lowest BCUT2D eigenvalue weighted by atomic mass is 9.96. The average Bonchev–Trinajstić information content (AvgIpc) is 2.61. The molecule has 1 fully saturated rings. The maximum absolute atomic E-state index is 12.9. The minimum Gasteiger partial charge on any atom is -0.337 e. The molecule has 5 nitrogen and oxygen atoms in total. The van der Waals surface area contributed by atoms with E-state index in [1.807, 2.05) is 18.7 Å². The number of benzene rings is 1. The van der Waals surface area contributed by atoms with Gasteiger partial charge >= 0.3 is 0 Å². The minimum absolute atomic E-state index is 0.0431. The number of amides is 2. The fraction of sp³-hybridized carbons (Fsp3) is 0.556. The van der Waals surface area contributed by atoms with Crippen molar-refractivity contribution in [3.63, 3.8) is 0 Å². The zero-order chi connectivity index (χ0) is 18.4. The van der Waals surface area contributed by atoms with Crippen molar-refractivity contribution >= 4 is 29.3 Å². The van der Waals surface area contributed by atoms with E-state index in [0.29, 0.717) is 5.69 Å². The SMILES string of the molecule is CC(SCC(=O)Nc1ccc(F)cc1)C(=O)N1CCCCC1C(C)N. The number of halogens is 1. The second-order valence-corrected chi connectivity index (χ2v) is 7.79. The van der Waals surface area contributed by atoms with Gasteiger partial charge in [-0.15, -0.1) is 11.8 Å². The zero-order valence-electron chi connectivity index (χ0n) is 14.7. The molecule has 0 aromatic heterocycles. The molecule has 1 heterocycles. The largest absolute Gasteiger partial charge is 0.337 e. The summed E-state index contributed by atoms with van der Waals surface area (Å²) in [5, 5.41) is 2.39.